The molecule has 0 bridgehead atoms. The maximum Gasteiger partial charge on any atom is 0.0647 e. The van der Waals surface area contributed by atoms with Crippen LogP contribution in [-0.4, -0.2) is 12.1 Å². The summed E-state index contributed by atoms with van der Waals surface area (Å²) in [5.74, 6) is 2.72. The van der Waals surface area contributed by atoms with Crippen LogP contribution in [0.1, 0.15) is 20.8 Å². The Bertz CT molecular complexity index is 258. The van der Waals surface area contributed by atoms with Crippen molar-refractivity contribution in [2.75, 3.05) is 0 Å². The fourth-order valence-corrected chi connectivity index (χ4v) is 0.713. The number of rotatable bonds is 0. The van der Waals surface area contributed by atoms with Crippen molar-refractivity contribution in [3.8, 4) is 0 Å². The predicted molar refractivity (Wildman–Crippen MR) is 48.0 cm³/mol. The van der Waals surface area contributed by atoms with E-state index < -0.39 is 0 Å². The van der Waals surface area contributed by atoms with Gasteiger partial charge in [-0.15, -0.1) is 0 Å². The van der Waals surface area contributed by atoms with Crippen molar-refractivity contribution >= 4 is 12.1 Å². The minimum absolute atomic E-state index is 0.0693. The van der Waals surface area contributed by atoms with Crippen LogP contribution in [0.25, 0.3) is 0 Å². The standard InChI is InChI=1S/C9H12N2/c1-9(2,3)8-7-10-5-4-6-11-8/h4,6-7H,1-3H3. The zero-order valence-corrected chi connectivity index (χ0v) is 7.13. The number of allylic oxidation sites excluding steroid dienone is 2. The fourth-order valence-electron chi connectivity index (χ4n) is 0.713. The summed E-state index contributed by atoms with van der Waals surface area (Å²) in [4.78, 5) is 8.14. The second-order valence-electron chi connectivity index (χ2n) is 3.47. The van der Waals surface area contributed by atoms with Crippen LogP contribution in [0.2, 0.25) is 0 Å². The third-order valence-corrected chi connectivity index (χ3v) is 1.39. The van der Waals surface area contributed by atoms with E-state index >= 15 is 0 Å². The molecular formula is C9H12N2. The zero-order chi connectivity index (χ0) is 8.32. The molecule has 0 radical (unpaired) electrons. The highest BCUT2D eigenvalue weighted by molar-refractivity contribution is 5.84. The Kier molecular flexibility index (Phi) is 2.06. The van der Waals surface area contributed by atoms with Crippen LogP contribution in [0.4, 0.5) is 0 Å². The molecule has 0 saturated carbocycles. The minimum Gasteiger partial charge on any atom is -0.258 e. The SMILES string of the molecule is CC(C)(C)C1=CN=C=CC=N1. The fraction of sp³-hybridized carbons (Fsp3) is 0.444. The molecule has 11 heavy (non-hydrogen) atoms. The summed E-state index contributed by atoms with van der Waals surface area (Å²) in [6, 6.07) is 0. The first-order valence-corrected chi connectivity index (χ1v) is 3.62. The maximum absolute atomic E-state index is 4.22. The molecule has 0 saturated heterocycles. The van der Waals surface area contributed by atoms with Crippen LogP contribution >= 0.6 is 0 Å². The monoisotopic (exact) mass is 148 g/mol. The van der Waals surface area contributed by atoms with Gasteiger partial charge in [0.05, 0.1) is 11.9 Å². The maximum atomic E-state index is 4.22. The van der Waals surface area contributed by atoms with Crippen molar-refractivity contribution in [2.45, 2.75) is 20.8 Å². The Morgan fingerprint density at radius 1 is 1.36 bits per heavy atom. The Morgan fingerprint density at radius 3 is 2.73 bits per heavy atom. The van der Waals surface area contributed by atoms with E-state index in [1.54, 1.807) is 18.5 Å². The number of aliphatic imine (C=N–C) groups is 2. The first-order valence-electron chi connectivity index (χ1n) is 3.62. The van der Waals surface area contributed by atoms with Gasteiger partial charge in [-0.3, -0.25) is 4.99 Å². The van der Waals surface area contributed by atoms with Gasteiger partial charge in [0.1, 0.15) is 0 Å². The summed E-state index contributed by atoms with van der Waals surface area (Å²) >= 11 is 0. The van der Waals surface area contributed by atoms with E-state index in [4.69, 9.17) is 0 Å². The average Bonchev–Trinajstić information content (AvgIpc) is 2.10. The normalized spacial score (nSPS) is 16.5. The third-order valence-electron chi connectivity index (χ3n) is 1.39. The van der Waals surface area contributed by atoms with Crippen LogP contribution in [0.5, 0.6) is 0 Å². The molecule has 2 nitrogen and oxygen atoms in total. The average molecular weight is 148 g/mol. The van der Waals surface area contributed by atoms with E-state index in [-0.39, 0.29) is 5.41 Å². The van der Waals surface area contributed by atoms with Crippen LogP contribution < -0.4 is 0 Å². The molecule has 0 N–H and O–H groups in total. The van der Waals surface area contributed by atoms with Gasteiger partial charge in [-0.05, 0) is 5.87 Å². The van der Waals surface area contributed by atoms with Crippen LogP contribution in [0.15, 0.2) is 28.0 Å². The van der Waals surface area contributed by atoms with Gasteiger partial charge in [-0.2, -0.15) is 0 Å². The quantitative estimate of drug-likeness (QED) is 0.503. The third kappa shape index (κ3) is 2.17. The van der Waals surface area contributed by atoms with Gasteiger partial charge >= 0.3 is 0 Å². The molecule has 0 unspecified atom stereocenters. The molecule has 1 aliphatic rings. The first-order chi connectivity index (χ1) is 5.11. The molecule has 0 spiro atoms. The van der Waals surface area contributed by atoms with Gasteiger partial charge in [0.25, 0.3) is 0 Å². The lowest BCUT2D eigenvalue weighted by Crippen LogP contribution is -2.07. The van der Waals surface area contributed by atoms with E-state index in [1.165, 1.54) is 0 Å². The Labute approximate surface area is 67.1 Å². The number of hydrogen-bond acceptors (Lipinski definition) is 2. The van der Waals surface area contributed by atoms with Crippen LogP contribution in [-0.2, 0) is 0 Å². The molecule has 1 aliphatic heterocycles. The summed E-state index contributed by atoms with van der Waals surface area (Å²) in [6.07, 6.45) is 5.17. The Morgan fingerprint density at radius 2 is 2.09 bits per heavy atom. The predicted octanol–water partition coefficient (Wildman–Crippen LogP) is 2.18. The number of nitrogens with zero attached hydrogens (tertiary/aromatic N) is 2. The van der Waals surface area contributed by atoms with Gasteiger partial charge in [0.2, 0.25) is 0 Å². The molecule has 2 heteroatoms. The Balaban J connectivity index is 2.93. The summed E-state index contributed by atoms with van der Waals surface area (Å²) in [6.45, 7) is 6.32. The second-order valence-corrected chi connectivity index (χ2v) is 3.47. The van der Waals surface area contributed by atoms with Gasteiger partial charge in [0, 0.05) is 17.7 Å². The van der Waals surface area contributed by atoms with Crippen LogP contribution in [0.3, 0.4) is 0 Å². The summed E-state index contributed by atoms with van der Waals surface area (Å²) < 4.78 is 0. The van der Waals surface area contributed by atoms with Crippen molar-refractivity contribution in [2.24, 2.45) is 15.4 Å². The summed E-state index contributed by atoms with van der Waals surface area (Å²) in [5.41, 5.74) is 1.05. The van der Waals surface area contributed by atoms with E-state index in [1.807, 2.05) is 0 Å². The van der Waals surface area contributed by atoms with E-state index in [0.29, 0.717) is 0 Å². The zero-order valence-electron chi connectivity index (χ0n) is 7.13. The molecule has 0 aliphatic carbocycles. The molecular weight excluding hydrogens is 136 g/mol. The molecule has 0 aromatic carbocycles. The molecule has 1 rings (SSSR count). The van der Waals surface area contributed by atoms with Gasteiger partial charge in [-0.25, -0.2) is 4.99 Å². The lowest BCUT2D eigenvalue weighted by atomic mass is 9.93. The summed E-state index contributed by atoms with van der Waals surface area (Å²) in [5, 5.41) is 0. The largest absolute Gasteiger partial charge is 0.258 e. The lowest BCUT2D eigenvalue weighted by Gasteiger charge is -2.17. The van der Waals surface area contributed by atoms with Gasteiger partial charge in [0.15, 0.2) is 0 Å². The highest BCUT2D eigenvalue weighted by atomic mass is 14.8. The molecule has 1 heterocycles. The molecule has 0 aromatic heterocycles. The molecule has 0 atom stereocenters. The lowest BCUT2D eigenvalue weighted by molar-refractivity contribution is 0.498. The Hall–Kier alpha value is -1.14. The number of hydrogen-bond donors (Lipinski definition) is 0. The smallest absolute Gasteiger partial charge is 0.0647 e. The second kappa shape index (κ2) is 2.85. The van der Waals surface area contributed by atoms with Crippen molar-refractivity contribution in [1.82, 2.24) is 0 Å². The van der Waals surface area contributed by atoms with Crippen LogP contribution in [0, 0.1) is 5.41 Å². The van der Waals surface area contributed by atoms with Crippen molar-refractivity contribution < 1.29 is 0 Å². The van der Waals surface area contributed by atoms with Crippen molar-refractivity contribution in [1.29, 1.82) is 0 Å². The van der Waals surface area contributed by atoms with E-state index in [0.717, 1.165) is 5.70 Å². The molecule has 0 fully saturated rings. The molecule has 58 valence electrons. The van der Waals surface area contributed by atoms with E-state index in [9.17, 15) is 0 Å². The first kappa shape index (κ1) is 7.96. The molecule has 0 aromatic rings. The highest BCUT2D eigenvalue weighted by Gasteiger charge is 2.15. The van der Waals surface area contributed by atoms with Gasteiger partial charge < -0.3 is 0 Å². The van der Waals surface area contributed by atoms with Gasteiger partial charge in [-0.1, -0.05) is 20.8 Å². The highest BCUT2D eigenvalue weighted by Crippen LogP contribution is 2.25. The topological polar surface area (TPSA) is 24.7 Å². The van der Waals surface area contributed by atoms with Crippen molar-refractivity contribution in [3.63, 3.8) is 0 Å². The molecule has 0 amide bonds. The van der Waals surface area contributed by atoms with E-state index in [2.05, 4.69) is 36.6 Å². The van der Waals surface area contributed by atoms with Crippen molar-refractivity contribution in [3.05, 3.63) is 18.0 Å². The minimum atomic E-state index is 0.0693. The summed E-state index contributed by atoms with van der Waals surface area (Å²) in [7, 11) is 0.